The average molecular weight is 2030 g/mol. The van der Waals surface area contributed by atoms with E-state index in [0.717, 1.165) is 137 Å². The van der Waals surface area contributed by atoms with Crippen molar-refractivity contribution in [1.29, 1.82) is 0 Å². The molecular weight excluding hydrogens is 1920 g/mol. The number of amides is 6. The molecule has 0 unspecified atom stereocenters. The summed E-state index contributed by atoms with van der Waals surface area (Å²) >= 11 is 24.1. The maximum absolute atomic E-state index is 15.1. The Balaban J connectivity index is 0.000000160. The van der Waals surface area contributed by atoms with Gasteiger partial charge in [0, 0.05) is 98.6 Å². The van der Waals surface area contributed by atoms with Gasteiger partial charge in [-0.2, -0.15) is 0 Å². The Morgan fingerprint density at radius 2 is 0.643 bits per heavy atom. The Hall–Kier alpha value is -13.2. The van der Waals surface area contributed by atoms with Crippen LogP contribution in [0, 0.1) is 23.3 Å². The van der Waals surface area contributed by atoms with Gasteiger partial charge in [-0.25, -0.2) is 57.4 Å². The number of rotatable bonds is 27. The summed E-state index contributed by atoms with van der Waals surface area (Å²) < 4.78 is 65.0. The molecule has 37 heteroatoms. The van der Waals surface area contributed by atoms with Gasteiger partial charge >= 0.3 is 0 Å². The largest absolute Gasteiger partial charge is 0.394 e. The monoisotopic (exact) mass is 2030 g/mol. The fraction of sp³-hybridized carbons (Fsp3) is 0.340. The number of halogens is 8. The van der Waals surface area contributed by atoms with Crippen LogP contribution in [0.5, 0.6) is 0 Å². The molecule has 4 aromatic heterocycles. The highest BCUT2D eigenvalue weighted by Gasteiger charge is 2.32. The van der Waals surface area contributed by atoms with Crippen LogP contribution in [-0.2, 0) is 14.3 Å². The zero-order chi connectivity index (χ0) is 102. The molecule has 0 bridgehead atoms. The minimum absolute atomic E-state index is 0.0182. The molecule has 16 rings (SSSR count). The minimum atomic E-state index is -0.755. The van der Waals surface area contributed by atoms with Crippen LogP contribution in [0.2, 0.25) is 20.1 Å². The van der Waals surface area contributed by atoms with Crippen LogP contribution in [0.4, 0.5) is 40.8 Å². The van der Waals surface area contributed by atoms with E-state index in [2.05, 4.69) is 66.8 Å². The molecule has 8 aromatic carbocycles. The van der Waals surface area contributed by atoms with Crippen molar-refractivity contribution in [1.82, 2.24) is 71.8 Å². The number of nitrogens with one attached hydrogen (secondary N) is 6. The van der Waals surface area contributed by atoms with Crippen LogP contribution in [0.25, 0.3) is 45.0 Å². The minimum Gasteiger partial charge on any atom is -0.394 e. The highest BCUT2D eigenvalue weighted by molar-refractivity contribution is 6.31. The van der Waals surface area contributed by atoms with Gasteiger partial charge in [-0.15, -0.1) is 0 Å². The zero-order valence-electron chi connectivity index (χ0n) is 79.1. The van der Waals surface area contributed by atoms with Gasteiger partial charge in [0.15, 0.2) is 0 Å². The second-order valence-electron chi connectivity index (χ2n) is 36.0. The lowest BCUT2D eigenvalue weighted by Crippen LogP contribution is -2.37. The number of nitrogen functional groups attached to an aromatic ring is 4. The first-order chi connectivity index (χ1) is 68.7. The predicted molar refractivity (Wildman–Crippen MR) is 542 cm³/mol. The summed E-state index contributed by atoms with van der Waals surface area (Å²) in [5, 5.41) is 57.9. The quantitative estimate of drug-likeness (QED) is 0.0213. The number of aliphatic hydroxyl groups is 4. The Bertz CT molecular complexity index is 6330. The third-order valence-electron chi connectivity index (χ3n) is 25.9. The smallest absolute Gasteiger partial charge is 0.254 e. The molecule has 29 nitrogen and oxygen atoms in total. The average Bonchev–Trinajstić information content (AvgIpc) is 0.817. The van der Waals surface area contributed by atoms with Crippen LogP contribution in [0.15, 0.2) is 195 Å². The number of nitrogens with zero attached hydrogens (tertiary/aromatic N) is 8. The highest BCUT2D eigenvalue weighted by atomic mass is 35.5. The van der Waals surface area contributed by atoms with E-state index in [9.17, 15) is 58.0 Å². The number of aromatic nitrogens is 8. The topological polar surface area (TPSA) is 472 Å². The van der Waals surface area contributed by atoms with Crippen molar-refractivity contribution in [3.05, 3.63) is 305 Å². The van der Waals surface area contributed by atoms with E-state index in [0.29, 0.717) is 89.3 Å². The Morgan fingerprint density at radius 3 is 0.909 bits per heavy atom. The van der Waals surface area contributed by atoms with E-state index in [-0.39, 0.29) is 131 Å². The standard InChI is InChI=1S/C29H33ClFN5O4.C27H29ClFN5O3.2C25H26ClFN4O2/c1-40-12-11-26(38)34-21-8-5-17(6-9-21)24-15-33-28(32)27(35-24)19-7-10-22(23(31)14-19)29(39)36-25(16-37)18-3-2-4-20(30)13-18;1-15(36)32-20-8-5-16(6-9-20)23-13-31-26(30)25(33-23)18-7-10-21(22(29)12-18)27(37)34-24(14-35)17-3-2-4-19(28)11-17;2*1-14(16-3-2-4-18(26)11-16)30-25(33)20-10-7-17(12-21(20)27)23-24(28)29-13-22(31-23)15-5-8-19(32)9-6-15/h2-4,7,10,13-15,17,21,25,37H,5-6,8-9,11-12,16H2,1H3,(H2,32,33)(H,34,38)(H,36,39);2-4,7,10-13,16,20,24,35H,5-6,8-9,14H2,1H3,(H2,30,31)(H,32,36)(H,34,37);2*2-4,7,10-15,19,32H,5-6,8-9H2,1H3,(H2,28,29)(H,30,33)/t17?,21?,25-;16?,20?,24-;2*14-,15?,19?/m1111/s1. The third kappa shape index (κ3) is 29.1. The molecule has 4 heterocycles. The molecule has 0 aliphatic heterocycles. The number of hydrogen-bond donors (Lipinski definition) is 14. The first-order valence-electron chi connectivity index (χ1n) is 47.2. The maximum Gasteiger partial charge on any atom is 0.254 e. The summed E-state index contributed by atoms with van der Waals surface area (Å²) in [4.78, 5) is 110. The predicted octanol–water partition coefficient (Wildman–Crippen LogP) is 18.4. The van der Waals surface area contributed by atoms with Crippen LogP contribution < -0.4 is 54.8 Å². The van der Waals surface area contributed by atoms with Crippen LogP contribution in [-0.4, -0.2) is 147 Å². The van der Waals surface area contributed by atoms with E-state index in [4.69, 9.17) is 79.1 Å². The molecule has 0 saturated heterocycles. The van der Waals surface area contributed by atoms with Gasteiger partial charge in [-0.05, 0) is 236 Å². The molecule has 6 amide bonds. The Kier molecular flexibility index (Phi) is 37.9. The lowest BCUT2D eigenvalue weighted by atomic mass is 9.84. The first kappa shape index (κ1) is 107. The summed E-state index contributed by atoms with van der Waals surface area (Å²) in [5.74, 6) is -3.94. The van der Waals surface area contributed by atoms with Crippen LogP contribution in [0.1, 0.15) is 264 Å². The number of benzene rings is 8. The highest BCUT2D eigenvalue weighted by Crippen LogP contribution is 2.41. The number of hydrogen-bond acceptors (Lipinski definition) is 23. The van der Waals surface area contributed by atoms with E-state index in [1.54, 1.807) is 141 Å². The molecule has 143 heavy (non-hydrogen) atoms. The molecule has 4 atom stereocenters. The van der Waals surface area contributed by atoms with Gasteiger partial charge in [0.05, 0.1) is 126 Å². The first-order valence-corrected chi connectivity index (χ1v) is 48.8. The second kappa shape index (κ2) is 50.6. The van der Waals surface area contributed by atoms with Crippen molar-refractivity contribution in [2.24, 2.45) is 0 Å². The Labute approximate surface area is 845 Å². The summed E-state index contributed by atoms with van der Waals surface area (Å²) in [6.45, 7) is 4.76. The van der Waals surface area contributed by atoms with Crippen molar-refractivity contribution >= 4 is 105 Å². The van der Waals surface area contributed by atoms with Crippen molar-refractivity contribution in [3.8, 4) is 45.0 Å². The maximum atomic E-state index is 15.1. The van der Waals surface area contributed by atoms with Crippen molar-refractivity contribution < 1.29 is 71.5 Å². The summed E-state index contributed by atoms with van der Waals surface area (Å²) in [6, 6.07) is 42.7. The van der Waals surface area contributed by atoms with E-state index >= 15 is 8.78 Å². The number of nitrogens with two attached hydrogens (primary N) is 4. The normalized spacial score (nSPS) is 18.5. The molecule has 4 aliphatic rings. The zero-order valence-corrected chi connectivity index (χ0v) is 82.1. The SMILES string of the molecule is CC(=O)NC1CCC(c2cnc(N)c(-c3ccc(C(=O)N[C@H](CO)c4cccc(Cl)c4)c(F)c3)n2)CC1.COCCC(=O)NC1CCC(c2cnc(N)c(-c3ccc(C(=O)N[C@H](CO)c4cccc(Cl)c4)c(F)c3)n2)CC1.C[C@@H](NC(=O)c1ccc(-c2nc(C3CCC(O)CC3)cnc2N)cc1F)c1cccc(Cl)c1.C[C@@H](NC(=O)c1ccc(-c2nc(C3CCC(O)CC3)cnc2N)cc1F)c1cccc(Cl)c1. The number of anilines is 4. The molecule has 0 spiro atoms. The second-order valence-corrected chi connectivity index (χ2v) is 37.8. The lowest BCUT2D eigenvalue weighted by molar-refractivity contribution is -0.123. The van der Waals surface area contributed by atoms with Crippen molar-refractivity contribution in [2.45, 2.75) is 202 Å². The molecular formula is C106H114Cl4F4N18O11. The molecule has 4 fully saturated rings. The fourth-order valence-corrected chi connectivity index (χ4v) is 18.7. The van der Waals surface area contributed by atoms with Gasteiger partial charge in [0.25, 0.3) is 23.6 Å². The van der Waals surface area contributed by atoms with Gasteiger partial charge in [0.2, 0.25) is 11.8 Å². The molecule has 4 aliphatic carbocycles. The molecule has 750 valence electrons. The molecule has 4 saturated carbocycles. The Morgan fingerprint density at radius 1 is 0.378 bits per heavy atom. The van der Waals surface area contributed by atoms with Crippen molar-refractivity contribution in [2.75, 3.05) is 49.9 Å². The van der Waals surface area contributed by atoms with Crippen molar-refractivity contribution in [3.63, 3.8) is 0 Å². The van der Waals surface area contributed by atoms with Gasteiger partial charge in [-0.3, -0.25) is 28.8 Å². The molecule has 18 N–H and O–H groups in total. The summed E-state index contributed by atoms with van der Waals surface area (Å²) in [5.41, 5.74) is 32.8. The van der Waals surface area contributed by atoms with E-state index < -0.39 is 59.0 Å². The molecule has 0 radical (unpaired) electrons. The van der Waals surface area contributed by atoms with Crippen LogP contribution in [0.3, 0.4) is 0 Å². The molecule has 12 aromatic rings. The van der Waals surface area contributed by atoms with E-state index in [1.165, 1.54) is 55.5 Å². The number of aliphatic hydroxyl groups excluding tert-OH is 4. The van der Waals surface area contributed by atoms with Gasteiger partial charge in [0.1, 0.15) is 69.3 Å². The van der Waals surface area contributed by atoms with E-state index in [1.807, 2.05) is 26.0 Å². The number of ether oxygens (including phenoxy) is 1. The summed E-state index contributed by atoms with van der Waals surface area (Å²) in [7, 11) is 1.57. The van der Waals surface area contributed by atoms with Gasteiger partial charge in [-0.1, -0.05) is 119 Å². The van der Waals surface area contributed by atoms with Crippen LogP contribution >= 0.6 is 46.4 Å². The van der Waals surface area contributed by atoms with Gasteiger partial charge < -0.3 is 80.0 Å². The number of carbonyl (C=O) groups excluding carboxylic acids is 6. The summed E-state index contributed by atoms with van der Waals surface area (Å²) in [6.07, 6.45) is 19.2. The lowest BCUT2D eigenvalue weighted by Gasteiger charge is -2.29. The third-order valence-corrected chi connectivity index (χ3v) is 26.9. The fourth-order valence-electron chi connectivity index (χ4n) is 17.9. The number of methoxy groups -OCH3 is 1. The number of carbonyl (C=O) groups is 6.